The van der Waals surface area contributed by atoms with Gasteiger partial charge in [-0.1, -0.05) is 42.5 Å². The molecule has 0 aliphatic carbocycles. The molecule has 6 nitrogen and oxygen atoms in total. The molecule has 1 amide bonds. The summed E-state index contributed by atoms with van der Waals surface area (Å²) >= 11 is 0. The van der Waals surface area contributed by atoms with Crippen molar-refractivity contribution in [3.63, 3.8) is 0 Å². The van der Waals surface area contributed by atoms with Crippen molar-refractivity contribution in [3.05, 3.63) is 65.7 Å². The van der Waals surface area contributed by atoms with Crippen molar-refractivity contribution in [1.82, 2.24) is 4.31 Å². The quantitative estimate of drug-likeness (QED) is 0.661. The van der Waals surface area contributed by atoms with Gasteiger partial charge in [-0.3, -0.25) is 4.79 Å². The van der Waals surface area contributed by atoms with Gasteiger partial charge in [-0.25, -0.2) is 12.7 Å². The Morgan fingerprint density at radius 3 is 2.67 bits per heavy atom. The van der Waals surface area contributed by atoms with Crippen molar-refractivity contribution >= 4 is 21.6 Å². The van der Waals surface area contributed by atoms with Crippen LogP contribution in [-0.4, -0.2) is 44.6 Å². The Kier molecular flexibility index (Phi) is 8.01. The van der Waals surface area contributed by atoms with Gasteiger partial charge in [0.05, 0.1) is 18.3 Å². The van der Waals surface area contributed by atoms with Crippen molar-refractivity contribution < 1.29 is 17.9 Å². The normalized spacial score (nSPS) is 17.6. The molecule has 0 unspecified atom stereocenters. The molecule has 1 aliphatic rings. The highest BCUT2D eigenvalue weighted by Gasteiger charge is 2.32. The lowest BCUT2D eigenvalue weighted by Gasteiger charge is -2.31. The van der Waals surface area contributed by atoms with Crippen LogP contribution in [0.3, 0.4) is 0 Å². The first-order chi connectivity index (χ1) is 14.5. The lowest BCUT2D eigenvalue weighted by Crippen LogP contribution is -2.44. The maximum atomic E-state index is 12.8. The molecule has 2 aromatic rings. The average Bonchev–Trinajstić information content (AvgIpc) is 2.75. The standard InChI is InChI=1S/C23H30N2O4S/c1-29-18-20-10-5-13-22(16-20)24-23(26)21-12-6-14-25(17-21)30(27,28)15-7-11-19-8-3-2-4-9-19/h2-5,8-10,13,16,21H,6-7,11-12,14-15,17-18H2,1H3,(H,24,26)/t21-/m0/s1. The number of nitrogens with zero attached hydrogens (tertiary/aromatic N) is 1. The Bertz CT molecular complexity index is 931. The van der Waals surface area contributed by atoms with Crippen LogP contribution in [0.4, 0.5) is 5.69 Å². The van der Waals surface area contributed by atoms with E-state index in [2.05, 4.69) is 5.32 Å². The van der Waals surface area contributed by atoms with Crippen molar-refractivity contribution in [2.75, 3.05) is 31.3 Å². The molecule has 1 aliphatic heterocycles. The average molecular weight is 431 g/mol. The molecule has 1 atom stereocenters. The van der Waals surface area contributed by atoms with Crippen molar-refractivity contribution in [1.29, 1.82) is 0 Å². The summed E-state index contributed by atoms with van der Waals surface area (Å²) in [4.78, 5) is 12.7. The van der Waals surface area contributed by atoms with E-state index in [1.807, 2.05) is 54.6 Å². The predicted octanol–water partition coefficient (Wildman–Crippen LogP) is 3.45. The fraction of sp³-hybridized carbons (Fsp3) is 0.435. The van der Waals surface area contributed by atoms with Gasteiger partial charge < -0.3 is 10.1 Å². The number of sulfonamides is 1. The van der Waals surface area contributed by atoms with Crippen LogP contribution < -0.4 is 5.32 Å². The third-order valence-electron chi connectivity index (χ3n) is 5.36. The fourth-order valence-corrected chi connectivity index (χ4v) is 5.37. The van der Waals surface area contributed by atoms with Crippen molar-refractivity contribution in [2.45, 2.75) is 32.3 Å². The lowest BCUT2D eigenvalue weighted by atomic mass is 9.98. The summed E-state index contributed by atoms with van der Waals surface area (Å²) < 4.78 is 32.2. The molecule has 162 valence electrons. The summed E-state index contributed by atoms with van der Waals surface area (Å²) in [5, 5.41) is 2.93. The van der Waals surface area contributed by atoms with Gasteiger partial charge in [0, 0.05) is 25.9 Å². The Hall–Kier alpha value is -2.22. The number of benzene rings is 2. The van der Waals surface area contributed by atoms with E-state index in [0.717, 1.165) is 17.5 Å². The van der Waals surface area contributed by atoms with Gasteiger partial charge in [0.25, 0.3) is 0 Å². The first-order valence-electron chi connectivity index (χ1n) is 10.4. The smallest absolute Gasteiger partial charge is 0.228 e. The van der Waals surface area contributed by atoms with Gasteiger partial charge in [-0.05, 0) is 48.9 Å². The number of methoxy groups -OCH3 is 1. The second kappa shape index (κ2) is 10.7. The minimum Gasteiger partial charge on any atom is -0.380 e. The number of hydrogen-bond donors (Lipinski definition) is 1. The van der Waals surface area contributed by atoms with Gasteiger partial charge in [0.1, 0.15) is 0 Å². The first kappa shape index (κ1) is 22.5. The van der Waals surface area contributed by atoms with E-state index in [1.54, 1.807) is 7.11 Å². The highest BCUT2D eigenvalue weighted by Crippen LogP contribution is 2.22. The molecule has 0 spiro atoms. The number of hydrogen-bond acceptors (Lipinski definition) is 4. The molecule has 1 fully saturated rings. The molecule has 30 heavy (non-hydrogen) atoms. The summed E-state index contributed by atoms with van der Waals surface area (Å²) in [6.07, 6.45) is 2.70. The Morgan fingerprint density at radius 1 is 1.13 bits per heavy atom. The maximum Gasteiger partial charge on any atom is 0.228 e. The molecule has 2 aromatic carbocycles. The van der Waals surface area contributed by atoms with Crippen LogP contribution in [0.2, 0.25) is 0 Å². The van der Waals surface area contributed by atoms with E-state index < -0.39 is 10.0 Å². The zero-order chi connectivity index (χ0) is 21.4. The van der Waals surface area contributed by atoms with Crippen LogP contribution in [0.15, 0.2) is 54.6 Å². The second-order valence-corrected chi connectivity index (χ2v) is 9.81. The minimum absolute atomic E-state index is 0.106. The summed E-state index contributed by atoms with van der Waals surface area (Å²) in [6, 6.07) is 17.4. The summed E-state index contributed by atoms with van der Waals surface area (Å²) in [5.74, 6) is -0.363. The summed E-state index contributed by atoms with van der Waals surface area (Å²) in [7, 11) is -1.74. The molecule has 1 saturated heterocycles. The van der Waals surface area contributed by atoms with Crippen LogP contribution >= 0.6 is 0 Å². The number of anilines is 1. The largest absolute Gasteiger partial charge is 0.380 e. The number of aryl methyl sites for hydroxylation is 1. The third kappa shape index (κ3) is 6.39. The SMILES string of the molecule is COCc1cccc(NC(=O)[C@H]2CCCN(S(=O)(=O)CCCc3ccccc3)C2)c1. The topological polar surface area (TPSA) is 75.7 Å². The lowest BCUT2D eigenvalue weighted by molar-refractivity contribution is -0.120. The highest BCUT2D eigenvalue weighted by molar-refractivity contribution is 7.89. The predicted molar refractivity (Wildman–Crippen MR) is 119 cm³/mol. The van der Waals surface area contributed by atoms with Crippen LogP contribution in [0.5, 0.6) is 0 Å². The molecule has 1 N–H and O–H groups in total. The summed E-state index contributed by atoms with van der Waals surface area (Å²) in [6.45, 7) is 1.21. The number of carbonyl (C=O) groups is 1. The fourth-order valence-electron chi connectivity index (χ4n) is 3.79. The Morgan fingerprint density at radius 2 is 1.90 bits per heavy atom. The van der Waals surface area contributed by atoms with E-state index in [0.29, 0.717) is 38.1 Å². The second-order valence-electron chi connectivity index (χ2n) is 7.72. The number of piperidine rings is 1. The van der Waals surface area contributed by atoms with Crippen LogP contribution in [0, 0.1) is 5.92 Å². The number of nitrogens with one attached hydrogen (secondary N) is 1. The molecule has 0 aromatic heterocycles. The highest BCUT2D eigenvalue weighted by atomic mass is 32.2. The molecule has 0 bridgehead atoms. The van der Waals surface area contributed by atoms with Crippen molar-refractivity contribution in [2.24, 2.45) is 5.92 Å². The number of carbonyl (C=O) groups excluding carboxylic acids is 1. The molecular weight excluding hydrogens is 400 g/mol. The van der Waals surface area contributed by atoms with Crippen LogP contribution in [0.25, 0.3) is 0 Å². The number of rotatable bonds is 9. The molecule has 1 heterocycles. The molecule has 3 rings (SSSR count). The van der Waals surface area contributed by atoms with Gasteiger partial charge >= 0.3 is 0 Å². The van der Waals surface area contributed by atoms with E-state index in [9.17, 15) is 13.2 Å². The zero-order valence-electron chi connectivity index (χ0n) is 17.4. The molecule has 0 radical (unpaired) electrons. The van der Waals surface area contributed by atoms with Gasteiger partial charge in [0.2, 0.25) is 15.9 Å². The van der Waals surface area contributed by atoms with Gasteiger partial charge in [0.15, 0.2) is 0 Å². The van der Waals surface area contributed by atoms with E-state index in [4.69, 9.17) is 4.74 Å². The summed E-state index contributed by atoms with van der Waals surface area (Å²) in [5.41, 5.74) is 2.82. The zero-order valence-corrected chi connectivity index (χ0v) is 18.2. The first-order valence-corrected chi connectivity index (χ1v) is 12.0. The maximum absolute atomic E-state index is 12.8. The van der Waals surface area contributed by atoms with Gasteiger partial charge in [-0.15, -0.1) is 0 Å². The Balaban J connectivity index is 1.54. The molecule has 7 heteroatoms. The van der Waals surface area contributed by atoms with Crippen LogP contribution in [-0.2, 0) is 32.6 Å². The Labute approximate surface area is 179 Å². The number of ether oxygens (including phenoxy) is 1. The van der Waals surface area contributed by atoms with E-state index in [1.165, 1.54) is 4.31 Å². The van der Waals surface area contributed by atoms with Crippen molar-refractivity contribution in [3.8, 4) is 0 Å². The van der Waals surface area contributed by atoms with E-state index >= 15 is 0 Å². The van der Waals surface area contributed by atoms with E-state index in [-0.39, 0.29) is 24.1 Å². The monoisotopic (exact) mass is 430 g/mol. The van der Waals surface area contributed by atoms with Crippen LogP contribution in [0.1, 0.15) is 30.4 Å². The molecule has 0 saturated carbocycles. The minimum atomic E-state index is -3.37. The third-order valence-corrected chi connectivity index (χ3v) is 7.29. The van der Waals surface area contributed by atoms with Gasteiger partial charge in [-0.2, -0.15) is 0 Å². The molecular formula is C23H30N2O4S. The number of amides is 1.